The summed E-state index contributed by atoms with van der Waals surface area (Å²) in [5.41, 5.74) is 1.31. The topological polar surface area (TPSA) is 75.7 Å². The maximum absolute atomic E-state index is 12.9. The molecule has 1 unspecified atom stereocenters. The van der Waals surface area contributed by atoms with E-state index in [-0.39, 0.29) is 16.8 Å². The second-order valence-corrected chi connectivity index (χ2v) is 9.14. The van der Waals surface area contributed by atoms with Crippen molar-refractivity contribution in [2.45, 2.75) is 43.5 Å². The third-order valence-corrected chi connectivity index (χ3v) is 7.18. The molecule has 0 bridgehead atoms. The van der Waals surface area contributed by atoms with Crippen molar-refractivity contribution in [1.82, 2.24) is 9.62 Å². The Kier molecular flexibility index (Phi) is 6.92. The van der Waals surface area contributed by atoms with E-state index in [1.165, 1.54) is 10.4 Å². The highest BCUT2D eigenvalue weighted by Gasteiger charge is 2.26. The highest BCUT2D eigenvalue weighted by molar-refractivity contribution is 7.89. The number of hydrogen-bond acceptors (Lipinski definition) is 4. The van der Waals surface area contributed by atoms with Gasteiger partial charge < -0.3 is 10.1 Å². The van der Waals surface area contributed by atoms with Gasteiger partial charge in [-0.1, -0.05) is 31.5 Å². The van der Waals surface area contributed by atoms with Gasteiger partial charge in [0.05, 0.1) is 18.0 Å². The van der Waals surface area contributed by atoms with Gasteiger partial charge in [-0.3, -0.25) is 4.79 Å². The Labute approximate surface area is 172 Å². The summed E-state index contributed by atoms with van der Waals surface area (Å²) in [6, 6.07) is 13.7. The van der Waals surface area contributed by atoms with Crippen LogP contribution < -0.4 is 10.1 Å². The molecule has 3 rings (SSSR count). The van der Waals surface area contributed by atoms with Crippen LogP contribution in [-0.2, 0) is 10.0 Å². The number of sulfonamides is 1. The number of nitrogens with one attached hydrogen (secondary N) is 1. The zero-order valence-corrected chi connectivity index (χ0v) is 17.7. The lowest BCUT2D eigenvalue weighted by molar-refractivity contribution is 0.0935. The van der Waals surface area contributed by atoms with Crippen molar-refractivity contribution in [2.75, 3.05) is 20.2 Å². The number of amides is 1. The van der Waals surface area contributed by atoms with Gasteiger partial charge in [0.15, 0.2) is 0 Å². The van der Waals surface area contributed by atoms with Crippen LogP contribution in [0.2, 0.25) is 0 Å². The summed E-state index contributed by atoms with van der Waals surface area (Å²) in [5, 5.41) is 3.01. The highest BCUT2D eigenvalue weighted by Crippen LogP contribution is 2.23. The molecular formula is C22H28N2O4S. The molecule has 1 atom stereocenters. The summed E-state index contributed by atoms with van der Waals surface area (Å²) in [4.78, 5) is 13.0. The van der Waals surface area contributed by atoms with Crippen LogP contribution in [0, 0.1) is 0 Å². The molecule has 1 saturated heterocycles. The Morgan fingerprint density at radius 2 is 1.79 bits per heavy atom. The second kappa shape index (κ2) is 9.41. The number of nitrogens with zero attached hydrogens (tertiary/aromatic N) is 1. The molecule has 6 nitrogen and oxygen atoms in total. The minimum Gasteiger partial charge on any atom is -0.497 e. The first kappa shape index (κ1) is 21.3. The first-order valence-corrected chi connectivity index (χ1v) is 11.4. The second-order valence-electron chi connectivity index (χ2n) is 7.20. The van der Waals surface area contributed by atoms with Crippen LogP contribution in [0.4, 0.5) is 0 Å². The number of ether oxygens (including phenoxy) is 1. The lowest BCUT2D eigenvalue weighted by atomic mass is 10.0. The van der Waals surface area contributed by atoms with Crippen LogP contribution in [0.5, 0.6) is 5.75 Å². The van der Waals surface area contributed by atoms with Gasteiger partial charge in [0.1, 0.15) is 5.75 Å². The Hall–Kier alpha value is -2.38. The minimum absolute atomic E-state index is 0.171. The van der Waals surface area contributed by atoms with Crippen LogP contribution in [0.15, 0.2) is 53.4 Å². The molecule has 29 heavy (non-hydrogen) atoms. The molecule has 0 spiro atoms. The number of rotatable bonds is 7. The molecule has 0 aromatic heterocycles. The Morgan fingerprint density at radius 1 is 1.10 bits per heavy atom. The van der Waals surface area contributed by atoms with Crippen LogP contribution in [0.25, 0.3) is 0 Å². The Balaban J connectivity index is 1.77. The van der Waals surface area contributed by atoms with Gasteiger partial charge in [-0.2, -0.15) is 4.31 Å². The standard InChI is InChI=1S/C22H28N2O4S/c1-3-21(17-10-12-19(28-2)13-11-17)23-22(25)18-8-7-9-20(16-18)29(26,27)24-14-5-4-6-15-24/h7-13,16,21H,3-6,14-15H2,1-2H3,(H,23,25). The van der Waals surface area contributed by atoms with E-state index in [0.717, 1.165) is 30.6 Å². The molecule has 0 aliphatic carbocycles. The van der Waals surface area contributed by atoms with Crippen molar-refractivity contribution in [3.63, 3.8) is 0 Å². The molecule has 156 valence electrons. The number of piperidine rings is 1. The van der Waals surface area contributed by atoms with E-state index < -0.39 is 10.0 Å². The lowest BCUT2D eigenvalue weighted by Crippen LogP contribution is -2.35. The summed E-state index contributed by atoms with van der Waals surface area (Å²) in [6.45, 7) is 3.06. The lowest BCUT2D eigenvalue weighted by Gasteiger charge is -2.26. The molecule has 1 amide bonds. The predicted octanol–water partition coefficient (Wildman–Crippen LogP) is 3.75. The number of carbonyl (C=O) groups excluding carboxylic acids is 1. The molecule has 1 aliphatic heterocycles. The first-order valence-electron chi connectivity index (χ1n) is 10.0. The molecule has 2 aromatic rings. The normalized spacial score (nSPS) is 16.2. The Bertz CT molecular complexity index is 936. The molecule has 2 aromatic carbocycles. The summed E-state index contributed by atoms with van der Waals surface area (Å²) in [7, 11) is -1.96. The number of carbonyl (C=O) groups is 1. The van der Waals surface area contributed by atoms with Crippen LogP contribution in [-0.4, -0.2) is 38.8 Å². The third kappa shape index (κ3) is 4.97. The number of methoxy groups -OCH3 is 1. The third-order valence-electron chi connectivity index (χ3n) is 5.28. The van der Waals surface area contributed by atoms with E-state index in [1.807, 2.05) is 31.2 Å². The van der Waals surface area contributed by atoms with Crippen molar-refractivity contribution in [2.24, 2.45) is 0 Å². The van der Waals surface area contributed by atoms with Crippen molar-refractivity contribution in [3.05, 3.63) is 59.7 Å². The van der Waals surface area contributed by atoms with Crippen LogP contribution in [0.1, 0.15) is 54.6 Å². The first-order chi connectivity index (χ1) is 14.0. The van der Waals surface area contributed by atoms with E-state index in [4.69, 9.17) is 4.74 Å². The van der Waals surface area contributed by atoms with E-state index in [1.54, 1.807) is 25.3 Å². The van der Waals surface area contributed by atoms with E-state index >= 15 is 0 Å². The predicted molar refractivity (Wildman–Crippen MR) is 113 cm³/mol. The molecule has 1 heterocycles. The van der Waals surface area contributed by atoms with Gasteiger partial charge in [0.25, 0.3) is 5.91 Å². The largest absolute Gasteiger partial charge is 0.497 e. The van der Waals surface area contributed by atoms with Gasteiger partial charge >= 0.3 is 0 Å². The number of benzene rings is 2. The van der Waals surface area contributed by atoms with Gasteiger partial charge in [-0.05, 0) is 55.2 Å². The van der Waals surface area contributed by atoms with Gasteiger partial charge in [-0.25, -0.2) is 8.42 Å². The van der Waals surface area contributed by atoms with Crippen LogP contribution >= 0.6 is 0 Å². The zero-order chi connectivity index (χ0) is 20.9. The summed E-state index contributed by atoms with van der Waals surface area (Å²) in [5.74, 6) is 0.467. The van der Waals surface area contributed by atoms with E-state index in [0.29, 0.717) is 25.1 Å². The average molecular weight is 417 g/mol. The average Bonchev–Trinajstić information content (AvgIpc) is 2.78. The van der Waals surface area contributed by atoms with Gasteiger partial charge in [-0.15, -0.1) is 0 Å². The molecule has 0 saturated carbocycles. The summed E-state index contributed by atoms with van der Waals surface area (Å²) < 4.78 is 32.5. The minimum atomic E-state index is -3.57. The zero-order valence-electron chi connectivity index (χ0n) is 16.9. The molecule has 1 aliphatic rings. The molecule has 0 radical (unpaired) electrons. The summed E-state index contributed by atoms with van der Waals surface area (Å²) in [6.07, 6.45) is 3.51. The van der Waals surface area contributed by atoms with Gasteiger partial charge in [0, 0.05) is 18.7 Å². The van der Waals surface area contributed by atoms with Crippen LogP contribution in [0.3, 0.4) is 0 Å². The fourth-order valence-corrected chi connectivity index (χ4v) is 5.11. The highest BCUT2D eigenvalue weighted by atomic mass is 32.2. The fraction of sp³-hybridized carbons (Fsp3) is 0.409. The van der Waals surface area contributed by atoms with E-state index in [9.17, 15) is 13.2 Å². The maximum atomic E-state index is 12.9. The molecule has 1 N–H and O–H groups in total. The maximum Gasteiger partial charge on any atom is 0.251 e. The van der Waals surface area contributed by atoms with Crippen molar-refractivity contribution in [1.29, 1.82) is 0 Å². The fourth-order valence-electron chi connectivity index (χ4n) is 3.55. The quantitative estimate of drug-likeness (QED) is 0.746. The van der Waals surface area contributed by atoms with Crippen molar-refractivity contribution >= 4 is 15.9 Å². The van der Waals surface area contributed by atoms with Crippen molar-refractivity contribution in [3.8, 4) is 5.75 Å². The van der Waals surface area contributed by atoms with Crippen molar-refractivity contribution < 1.29 is 17.9 Å². The number of hydrogen-bond donors (Lipinski definition) is 1. The summed E-state index contributed by atoms with van der Waals surface area (Å²) >= 11 is 0. The SMILES string of the molecule is CCC(NC(=O)c1cccc(S(=O)(=O)N2CCCCC2)c1)c1ccc(OC)cc1. The molecule has 1 fully saturated rings. The monoisotopic (exact) mass is 416 g/mol. The molecular weight excluding hydrogens is 388 g/mol. The Morgan fingerprint density at radius 3 is 2.41 bits per heavy atom. The van der Waals surface area contributed by atoms with E-state index in [2.05, 4.69) is 5.32 Å². The molecule has 7 heteroatoms. The smallest absolute Gasteiger partial charge is 0.251 e. The van der Waals surface area contributed by atoms with Gasteiger partial charge in [0.2, 0.25) is 10.0 Å².